The van der Waals surface area contributed by atoms with Crippen LogP contribution in [0, 0.1) is 0 Å². The molecule has 0 saturated heterocycles. The van der Waals surface area contributed by atoms with Crippen LogP contribution >= 0.6 is 12.6 Å². The van der Waals surface area contributed by atoms with Crippen molar-refractivity contribution in [2.24, 2.45) is 0 Å². The summed E-state index contributed by atoms with van der Waals surface area (Å²) in [5, 5.41) is 16.1. The lowest BCUT2D eigenvalue weighted by atomic mass is 10.0. The lowest BCUT2D eigenvalue weighted by Gasteiger charge is -2.34. The number of benzene rings is 1. The number of nitrogens with one attached hydrogen (secondary N) is 2. The highest BCUT2D eigenvalue weighted by Crippen LogP contribution is 2.30. The number of unbranched alkanes of at least 4 members (excludes halogenated alkanes) is 4. The fourth-order valence-corrected chi connectivity index (χ4v) is 3.83. The maximum absolute atomic E-state index is 13.7. The number of phenols is 1. The number of aromatic hydroxyl groups is 1. The number of para-hydroxylation sites is 1. The van der Waals surface area contributed by atoms with Gasteiger partial charge >= 0.3 is 6.09 Å². The molecule has 9 heteroatoms. The maximum Gasteiger partial charge on any atom is 0.408 e. The largest absolute Gasteiger partial charge is 0.508 e. The molecule has 0 bridgehead atoms. The Bertz CT molecular complexity index is 812. The third-order valence-corrected chi connectivity index (χ3v) is 5.69. The number of thiol groups is 1. The molecule has 3 amide bonds. The van der Waals surface area contributed by atoms with Crippen LogP contribution in [-0.2, 0) is 14.3 Å². The standard InChI is InChI=1S/C26H43N3O5S/c1-6-8-12-16-27-23(31)22(19-14-10-11-15-21(19)30)29(17-13-9-7-2)24(32)20(18-35)28-25(33)34-26(3,4)5/h10-11,14-15,20,22,30,35H,6-9,12-13,16-18H2,1-5H3,(H,27,31)(H,28,33). The van der Waals surface area contributed by atoms with Crippen molar-refractivity contribution in [1.29, 1.82) is 0 Å². The highest BCUT2D eigenvalue weighted by atomic mass is 32.1. The summed E-state index contributed by atoms with van der Waals surface area (Å²) in [6.07, 6.45) is 4.53. The summed E-state index contributed by atoms with van der Waals surface area (Å²) in [6.45, 7) is 10.1. The van der Waals surface area contributed by atoms with E-state index in [1.165, 1.54) is 11.0 Å². The Morgan fingerprint density at radius 2 is 1.69 bits per heavy atom. The number of ether oxygens (including phenoxy) is 1. The molecule has 3 N–H and O–H groups in total. The first kappa shape index (κ1) is 30.6. The van der Waals surface area contributed by atoms with E-state index < -0.39 is 29.7 Å². The molecule has 0 saturated carbocycles. The molecule has 0 aliphatic heterocycles. The molecule has 2 unspecified atom stereocenters. The molecule has 0 fully saturated rings. The van der Waals surface area contributed by atoms with Crippen LogP contribution in [0.2, 0.25) is 0 Å². The molecule has 0 spiro atoms. The van der Waals surface area contributed by atoms with Crippen LogP contribution in [0.5, 0.6) is 5.75 Å². The minimum Gasteiger partial charge on any atom is -0.508 e. The fraction of sp³-hybridized carbons (Fsp3) is 0.654. The predicted octanol–water partition coefficient (Wildman–Crippen LogP) is 4.58. The molecule has 0 aliphatic carbocycles. The van der Waals surface area contributed by atoms with Gasteiger partial charge in [-0.2, -0.15) is 12.6 Å². The van der Waals surface area contributed by atoms with Gasteiger partial charge in [0.2, 0.25) is 11.8 Å². The number of rotatable bonds is 14. The van der Waals surface area contributed by atoms with Crippen molar-refractivity contribution in [2.75, 3.05) is 18.8 Å². The van der Waals surface area contributed by atoms with Gasteiger partial charge in [-0.3, -0.25) is 9.59 Å². The van der Waals surface area contributed by atoms with Crippen LogP contribution in [0.3, 0.4) is 0 Å². The molecule has 35 heavy (non-hydrogen) atoms. The second-order valence-corrected chi connectivity index (χ2v) is 9.94. The van der Waals surface area contributed by atoms with Crippen LogP contribution in [0.25, 0.3) is 0 Å². The zero-order valence-corrected chi connectivity index (χ0v) is 22.7. The lowest BCUT2D eigenvalue weighted by molar-refractivity contribution is -0.142. The average molecular weight is 510 g/mol. The van der Waals surface area contributed by atoms with Crippen molar-refractivity contribution < 1.29 is 24.2 Å². The van der Waals surface area contributed by atoms with Gasteiger partial charge in [0.1, 0.15) is 23.4 Å². The summed E-state index contributed by atoms with van der Waals surface area (Å²) in [7, 11) is 0. The van der Waals surface area contributed by atoms with E-state index in [1.807, 2.05) is 6.92 Å². The van der Waals surface area contributed by atoms with E-state index in [4.69, 9.17) is 4.74 Å². The maximum atomic E-state index is 13.7. The van der Waals surface area contributed by atoms with Gasteiger partial charge in [-0.25, -0.2) is 4.79 Å². The van der Waals surface area contributed by atoms with Gasteiger partial charge < -0.3 is 25.4 Å². The van der Waals surface area contributed by atoms with Crippen LogP contribution in [0.4, 0.5) is 4.79 Å². The highest BCUT2D eigenvalue weighted by Gasteiger charge is 2.36. The molecule has 0 aromatic heterocycles. The number of carbonyl (C=O) groups is 3. The second-order valence-electron chi connectivity index (χ2n) is 9.58. The van der Waals surface area contributed by atoms with Gasteiger partial charge in [0.15, 0.2) is 0 Å². The SMILES string of the molecule is CCCCCNC(=O)C(c1ccccc1O)N(CCCCC)C(=O)C(CS)NC(=O)OC(C)(C)C. The Labute approximate surface area is 215 Å². The third-order valence-electron chi connectivity index (χ3n) is 5.33. The third kappa shape index (κ3) is 10.8. The Balaban J connectivity index is 3.32. The second kappa shape index (κ2) is 15.5. The molecule has 1 aromatic carbocycles. The van der Waals surface area contributed by atoms with E-state index >= 15 is 0 Å². The van der Waals surface area contributed by atoms with Crippen LogP contribution < -0.4 is 10.6 Å². The Hall–Kier alpha value is -2.42. The number of phenolic OH excluding ortho intramolecular Hbond substituents is 1. The van der Waals surface area contributed by atoms with Gasteiger partial charge in [0.25, 0.3) is 0 Å². The van der Waals surface area contributed by atoms with E-state index in [1.54, 1.807) is 39.0 Å². The van der Waals surface area contributed by atoms with Gasteiger partial charge in [0.05, 0.1) is 0 Å². The van der Waals surface area contributed by atoms with Crippen LogP contribution in [0.15, 0.2) is 24.3 Å². The molecule has 8 nitrogen and oxygen atoms in total. The summed E-state index contributed by atoms with van der Waals surface area (Å²) in [4.78, 5) is 41.0. The zero-order chi connectivity index (χ0) is 26.4. The zero-order valence-electron chi connectivity index (χ0n) is 21.8. The number of nitrogens with zero attached hydrogens (tertiary/aromatic N) is 1. The summed E-state index contributed by atoms with van der Waals surface area (Å²) < 4.78 is 5.31. The van der Waals surface area contributed by atoms with E-state index in [-0.39, 0.29) is 24.0 Å². The minimum atomic E-state index is -1.05. The highest BCUT2D eigenvalue weighted by molar-refractivity contribution is 7.80. The molecule has 1 aromatic rings. The van der Waals surface area contributed by atoms with Crippen molar-refractivity contribution in [2.45, 2.75) is 90.8 Å². The summed E-state index contributed by atoms with van der Waals surface area (Å²) in [6, 6.07) is 4.47. The average Bonchev–Trinajstić information content (AvgIpc) is 2.79. The first-order valence-corrected chi connectivity index (χ1v) is 13.1. The fourth-order valence-electron chi connectivity index (χ4n) is 3.59. The van der Waals surface area contributed by atoms with Crippen LogP contribution in [0.1, 0.15) is 84.7 Å². The predicted molar refractivity (Wildman–Crippen MR) is 142 cm³/mol. The first-order chi connectivity index (χ1) is 16.6. The number of amides is 3. The van der Waals surface area contributed by atoms with Gasteiger partial charge in [0, 0.05) is 24.4 Å². The Kier molecular flexibility index (Phi) is 13.6. The van der Waals surface area contributed by atoms with Crippen LogP contribution in [-0.4, -0.2) is 58.4 Å². The Morgan fingerprint density at radius 1 is 1.06 bits per heavy atom. The normalized spacial score (nSPS) is 13.0. The number of alkyl carbamates (subject to hydrolysis) is 1. The topological polar surface area (TPSA) is 108 Å². The van der Waals surface area contributed by atoms with E-state index in [2.05, 4.69) is 30.2 Å². The number of carbonyl (C=O) groups excluding carboxylic acids is 3. The summed E-state index contributed by atoms with van der Waals surface area (Å²) in [5.74, 6) is -0.882. The number of hydrogen-bond donors (Lipinski definition) is 4. The molecule has 2 atom stereocenters. The van der Waals surface area contributed by atoms with E-state index in [0.29, 0.717) is 18.5 Å². The monoisotopic (exact) mass is 509 g/mol. The molecular weight excluding hydrogens is 466 g/mol. The molecule has 0 heterocycles. The number of hydrogen-bond acceptors (Lipinski definition) is 6. The van der Waals surface area contributed by atoms with Gasteiger partial charge in [-0.15, -0.1) is 0 Å². The minimum absolute atomic E-state index is 0.0218. The van der Waals surface area contributed by atoms with Gasteiger partial charge in [-0.1, -0.05) is 57.7 Å². The molecule has 1 rings (SSSR count). The van der Waals surface area contributed by atoms with Crippen molar-refractivity contribution in [1.82, 2.24) is 15.5 Å². The first-order valence-electron chi connectivity index (χ1n) is 12.5. The molecule has 0 aliphatic rings. The molecule has 198 valence electrons. The lowest BCUT2D eigenvalue weighted by Crippen LogP contribution is -2.54. The molecule has 0 radical (unpaired) electrons. The summed E-state index contributed by atoms with van der Waals surface area (Å²) >= 11 is 4.28. The van der Waals surface area contributed by atoms with Gasteiger partial charge in [-0.05, 0) is 39.7 Å². The van der Waals surface area contributed by atoms with E-state index in [0.717, 1.165) is 32.1 Å². The van der Waals surface area contributed by atoms with E-state index in [9.17, 15) is 19.5 Å². The van der Waals surface area contributed by atoms with Crippen molar-refractivity contribution in [3.63, 3.8) is 0 Å². The van der Waals surface area contributed by atoms with Crippen molar-refractivity contribution in [3.8, 4) is 5.75 Å². The smallest absolute Gasteiger partial charge is 0.408 e. The summed E-state index contributed by atoms with van der Waals surface area (Å²) in [5.41, 5.74) is -0.397. The van der Waals surface area contributed by atoms with Crippen molar-refractivity contribution in [3.05, 3.63) is 29.8 Å². The Morgan fingerprint density at radius 3 is 2.26 bits per heavy atom. The quantitative estimate of drug-likeness (QED) is 0.217. The molecular formula is C26H43N3O5S. The van der Waals surface area contributed by atoms with Crippen molar-refractivity contribution >= 4 is 30.5 Å².